The highest BCUT2D eigenvalue weighted by molar-refractivity contribution is 7.90. The van der Waals surface area contributed by atoms with Gasteiger partial charge in [-0.1, -0.05) is 12.1 Å². The summed E-state index contributed by atoms with van der Waals surface area (Å²) in [5.41, 5.74) is 0.0693. The number of carbonyl (C=O) groups is 2. The second-order valence-electron chi connectivity index (χ2n) is 5.33. The van der Waals surface area contributed by atoms with E-state index in [1.165, 1.54) is 18.2 Å². The molecule has 1 aromatic heterocycles. The van der Waals surface area contributed by atoms with Crippen LogP contribution in [0.1, 0.15) is 6.92 Å². The van der Waals surface area contributed by atoms with Crippen LogP contribution in [0.15, 0.2) is 47.6 Å². The van der Waals surface area contributed by atoms with Gasteiger partial charge < -0.3 is 10.6 Å². The molecule has 2 aromatic rings. The van der Waals surface area contributed by atoms with Gasteiger partial charge in [0.1, 0.15) is 0 Å². The van der Waals surface area contributed by atoms with Crippen LogP contribution in [0.2, 0.25) is 0 Å². The van der Waals surface area contributed by atoms with E-state index in [-0.39, 0.29) is 16.6 Å². The van der Waals surface area contributed by atoms with Gasteiger partial charge in [0.25, 0.3) is 0 Å². The summed E-state index contributed by atoms with van der Waals surface area (Å²) in [6.07, 6.45) is 4.39. The highest BCUT2D eigenvalue weighted by atomic mass is 32.2. The van der Waals surface area contributed by atoms with E-state index in [1.807, 2.05) is 0 Å². The third kappa shape index (κ3) is 4.66. The normalized spacial score (nSPS) is 12.4. The molecular formula is C15H18N4O4S. The summed E-state index contributed by atoms with van der Waals surface area (Å²) >= 11 is 0. The quantitative estimate of drug-likeness (QED) is 0.760. The standard InChI is InChI=1S/C15H18N4O4S/c1-11(10-19-9-5-8-16-19)17-14(20)15(21)18-12-6-3-4-7-13(12)24(2,22)23/h3-9,11H,10H2,1-2H3,(H,17,20)(H,18,21)/t11-/m1/s1. The molecule has 0 aliphatic heterocycles. The van der Waals surface area contributed by atoms with E-state index in [4.69, 9.17) is 0 Å². The van der Waals surface area contributed by atoms with Crippen LogP contribution in [0.25, 0.3) is 0 Å². The molecule has 0 radical (unpaired) electrons. The number of rotatable bonds is 5. The third-order valence-corrected chi connectivity index (χ3v) is 4.29. The van der Waals surface area contributed by atoms with Gasteiger partial charge in [0.2, 0.25) is 0 Å². The molecule has 0 spiro atoms. The van der Waals surface area contributed by atoms with Crippen molar-refractivity contribution in [1.82, 2.24) is 15.1 Å². The summed E-state index contributed by atoms with van der Waals surface area (Å²) in [6.45, 7) is 2.14. The van der Waals surface area contributed by atoms with Gasteiger partial charge >= 0.3 is 11.8 Å². The summed E-state index contributed by atoms with van der Waals surface area (Å²) in [7, 11) is -3.52. The predicted octanol–water partition coefficient (Wildman–Crippen LogP) is 0.430. The molecule has 1 aromatic carbocycles. The summed E-state index contributed by atoms with van der Waals surface area (Å²) in [5.74, 6) is -1.78. The molecule has 128 valence electrons. The zero-order valence-electron chi connectivity index (χ0n) is 13.3. The Kier molecular flexibility index (Phi) is 5.35. The first kappa shape index (κ1) is 17.7. The maximum absolute atomic E-state index is 12.0. The molecule has 0 aliphatic carbocycles. The maximum atomic E-state index is 12.0. The molecule has 24 heavy (non-hydrogen) atoms. The van der Waals surface area contributed by atoms with Gasteiger partial charge in [-0.25, -0.2) is 8.42 Å². The number of para-hydroxylation sites is 1. The zero-order valence-corrected chi connectivity index (χ0v) is 14.1. The largest absolute Gasteiger partial charge is 0.344 e. The van der Waals surface area contributed by atoms with E-state index in [0.29, 0.717) is 6.54 Å². The number of amides is 2. The van der Waals surface area contributed by atoms with Gasteiger partial charge in [-0.05, 0) is 25.1 Å². The minimum atomic E-state index is -3.52. The number of nitrogens with zero attached hydrogens (tertiary/aromatic N) is 2. The Bertz CT molecular complexity index is 831. The lowest BCUT2D eigenvalue weighted by Gasteiger charge is -2.14. The molecule has 0 saturated heterocycles. The molecular weight excluding hydrogens is 332 g/mol. The fourth-order valence-electron chi connectivity index (χ4n) is 2.10. The van der Waals surface area contributed by atoms with Gasteiger partial charge in [-0.2, -0.15) is 5.10 Å². The van der Waals surface area contributed by atoms with Gasteiger partial charge in [0, 0.05) is 24.7 Å². The van der Waals surface area contributed by atoms with E-state index in [2.05, 4.69) is 15.7 Å². The Labute approximate surface area is 139 Å². The lowest BCUT2D eigenvalue weighted by Crippen LogP contribution is -2.42. The highest BCUT2D eigenvalue weighted by Crippen LogP contribution is 2.20. The van der Waals surface area contributed by atoms with Crippen molar-refractivity contribution in [2.24, 2.45) is 0 Å². The Morgan fingerprint density at radius 1 is 1.21 bits per heavy atom. The van der Waals surface area contributed by atoms with Crippen LogP contribution in [-0.2, 0) is 26.0 Å². The number of carbonyl (C=O) groups excluding carboxylic acids is 2. The van der Waals surface area contributed by atoms with Crippen LogP contribution in [0, 0.1) is 0 Å². The summed E-state index contributed by atoms with van der Waals surface area (Å²) < 4.78 is 25.0. The van der Waals surface area contributed by atoms with Crippen molar-refractivity contribution in [2.45, 2.75) is 24.4 Å². The van der Waals surface area contributed by atoms with Crippen molar-refractivity contribution in [3.63, 3.8) is 0 Å². The van der Waals surface area contributed by atoms with E-state index >= 15 is 0 Å². The first-order chi connectivity index (χ1) is 11.3. The average molecular weight is 350 g/mol. The molecule has 8 nitrogen and oxygen atoms in total. The minimum Gasteiger partial charge on any atom is -0.344 e. The molecule has 9 heteroatoms. The number of nitrogens with one attached hydrogen (secondary N) is 2. The van der Waals surface area contributed by atoms with Crippen molar-refractivity contribution in [1.29, 1.82) is 0 Å². The first-order valence-electron chi connectivity index (χ1n) is 7.15. The van der Waals surface area contributed by atoms with Crippen molar-refractivity contribution >= 4 is 27.3 Å². The van der Waals surface area contributed by atoms with Gasteiger partial charge in [-0.3, -0.25) is 14.3 Å². The van der Waals surface area contributed by atoms with E-state index in [0.717, 1.165) is 6.26 Å². The summed E-state index contributed by atoms with van der Waals surface area (Å²) in [5, 5.41) is 8.88. The van der Waals surface area contributed by atoms with Crippen LogP contribution in [0.3, 0.4) is 0 Å². The van der Waals surface area contributed by atoms with Gasteiger partial charge in [0.05, 0.1) is 17.1 Å². The number of hydrogen-bond donors (Lipinski definition) is 2. The molecule has 0 saturated carbocycles. The summed E-state index contributed by atoms with van der Waals surface area (Å²) in [4.78, 5) is 23.9. The topological polar surface area (TPSA) is 110 Å². The number of benzene rings is 1. The number of anilines is 1. The van der Waals surface area contributed by atoms with Crippen molar-refractivity contribution < 1.29 is 18.0 Å². The molecule has 1 heterocycles. The Morgan fingerprint density at radius 2 is 1.92 bits per heavy atom. The van der Waals surface area contributed by atoms with E-state index < -0.39 is 21.7 Å². The Balaban J connectivity index is 2.01. The smallest absolute Gasteiger partial charge is 0.313 e. The van der Waals surface area contributed by atoms with Crippen LogP contribution < -0.4 is 10.6 Å². The van der Waals surface area contributed by atoms with Gasteiger partial charge in [0.15, 0.2) is 9.84 Å². The molecule has 1 atom stereocenters. The molecule has 0 unspecified atom stereocenters. The Morgan fingerprint density at radius 3 is 2.54 bits per heavy atom. The van der Waals surface area contributed by atoms with E-state index in [9.17, 15) is 18.0 Å². The van der Waals surface area contributed by atoms with E-state index in [1.54, 1.807) is 36.1 Å². The minimum absolute atomic E-state index is 0.0456. The molecule has 2 rings (SSSR count). The van der Waals surface area contributed by atoms with Crippen LogP contribution in [0.4, 0.5) is 5.69 Å². The molecule has 0 fully saturated rings. The fraction of sp³-hybridized carbons (Fsp3) is 0.267. The highest BCUT2D eigenvalue weighted by Gasteiger charge is 2.20. The second-order valence-corrected chi connectivity index (χ2v) is 7.31. The van der Waals surface area contributed by atoms with Crippen molar-refractivity contribution in [3.8, 4) is 0 Å². The summed E-state index contributed by atoms with van der Waals surface area (Å²) in [6, 6.07) is 7.33. The van der Waals surface area contributed by atoms with Crippen molar-refractivity contribution in [3.05, 3.63) is 42.7 Å². The number of aromatic nitrogens is 2. The second kappa shape index (κ2) is 7.26. The fourth-order valence-corrected chi connectivity index (χ4v) is 2.94. The maximum Gasteiger partial charge on any atom is 0.313 e. The predicted molar refractivity (Wildman–Crippen MR) is 88.0 cm³/mol. The first-order valence-corrected chi connectivity index (χ1v) is 9.05. The number of hydrogen-bond acceptors (Lipinski definition) is 5. The Hall–Kier alpha value is -2.68. The van der Waals surface area contributed by atoms with Crippen molar-refractivity contribution in [2.75, 3.05) is 11.6 Å². The average Bonchev–Trinajstić information content (AvgIpc) is 2.99. The SMILES string of the molecule is C[C@H](Cn1cccn1)NC(=O)C(=O)Nc1ccccc1S(C)(=O)=O. The third-order valence-electron chi connectivity index (χ3n) is 3.14. The van der Waals surface area contributed by atoms with Crippen LogP contribution in [0.5, 0.6) is 0 Å². The van der Waals surface area contributed by atoms with Crippen LogP contribution >= 0.6 is 0 Å². The zero-order chi connectivity index (χ0) is 17.7. The molecule has 0 aliphatic rings. The molecule has 0 bridgehead atoms. The van der Waals surface area contributed by atoms with Crippen LogP contribution in [-0.4, -0.2) is 42.3 Å². The number of sulfone groups is 1. The lowest BCUT2D eigenvalue weighted by atomic mass is 10.3. The monoisotopic (exact) mass is 350 g/mol. The molecule has 2 N–H and O–H groups in total. The van der Waals surface area contributed by atoms with Gasteiger partial charge in [-0.15, -0.1) is 0 Å². The molecule has 2 amide bonds. The lowest BCUT2D eigenvalue weighted by molar-refractivity contribution is -0.136.